The van der Waals surface area contributed by atoms with Gasteiger partial charge in [-0.1, -0.05) is 18.2 Å². The Labute approximate surface area is 113 Å². The Morgan fingerprint density at radius 1 is 1.20 bits per heavy atom. The number of alkyl halides is 3. The SMILES string of the molecule is O=C(O)c1ccc(OC2(C(F)(F)F)C=CC=CC2)cc1. The number of carbonyl (C=O) groups is 1. The van der Waals surface area contributed by atoms with Crippen molar-refractivity contribution < 1.29 is 27.8 Å². The third-order valence-corrected chi connectivity index (χ3v) is 2.91. The summed E-state index contributed by atoms with van der Waals surface area (Å²) in [4.78, 5) is 10.7. The van der Waals surface area contributed by atoms with Crippen molar-refractivity contribution in [3.63, 3.8) is 0 Å². The molecule has 0 heterocycles. The van der Waals surface area contributed by atoms with E-state index in [0.29, 0.717) is 0 Å². The van der Waals surface area contributed by atoms with Gasteiger partial charge in [-0.15, -0.1) is 0 Å². The highest BCUT2D eigenvalue weighted by molar-refractivity contribution is 5.87. The summed E-state index contributed by atoms with van der Waals surface area (Å²) in [6.45, 7) is 0. The quantitative estimate of drug-likeness (QED) is 0.922. The zero-order valence-electron chi connectivity index (χ0n) is 10.2. The summed E-state index contributed by atoms with van der Waals surface area (Å²) >= 11 is 0. The first kappa shape index (κ1) is 14.2. The van der Waals surface area contributed by atoms with Gasteiger partial charge in [-0.05, 0) is 30.3 Å². The van der Waals surface area contributed by atoms with Crippen LogP contribution in [0.25, 0.3) is 0 Å². The molecule has 0 amide bonds. The highest BCUT2D eigenvalue weighted by atomic mass is 19.4. The van der Waals surface area contributed by atoms with E-state index in [4.69, 9.17) is 9.84 Å². The first-order valence-electron chi connectivity index (χ1n) is 5.77. The maximum absolute atomic E-state index is 13.2. The van der Waals surface area contributed by atoms with E-state index in [2.05, 4.69) is 0 Å². The van der Waals surface area contributed by atoms with E-state index in [1.807, 2.05) is 0 Å². The van der Waals surface area contributed by atoms with Gasteiger partial charge in [0.25, 0.3) is 0 Å². The Kier molecular flexibility index (Phi) is 3.57. The zero-order chi connectivity index (χ0) is 14.8. The Morgan fingerprint density at radius 2 is 1.85 bits per heavy atom. The van der Waals surface area contributed by atoms with Crippen LogP contribution in [-0.2, 0) is 0 Å². The third-order valence-electron chi connectivity index (χ3n) is 2.91. The first-order chi connectivity index (χ1) is 9.34. The normalized spacial score (nSPS) is 21.8. The molecule has 0 fully saturated rings. The van der Waals surface area contributed by atoms with Crippen molar-refractivity contribution in [2.24, 2.45) is 0 Å². The molecule has 1 aromatic carbocycles. The molecule has 0 aliphatic heterocycles. The van der Waals surface area contributed by atoms with Crippen molar-refractivity contribution in [3.05, 3.63) is 54.1 Å². The molecular weight excluding hydrogens is 273 g/mol. The third kappa shape index (κ3) is 2.68. The van der Waals surface area contributed by atoms with E-state index >= 15 is 0 Å². The summed E-state index contributed by atoms with van der Waals surface area (Å²) in [7, 11) is 0. The second-order valence-electron chi connectivity index (χ2n) is 4.31. The van der Waals surface area contributed by atoms with Crippen LogP contribution in [0.3, 0.4) is 0 Å². The van der Waals surface area contributed by atoms with Gasteiger partial charge < -0.3 is 9.84 Å². The molecule has 2 rings (SSSR count). The monoisotopic (exact) mass is 284 g/mol. The molecule has 1 atom stereocenters. The van der Waals surface area contributed by atoms with Crippen molar-refractivity contribution in [3.8, 4) is 5.75 Å². The number of hydrogen-bond donors (Lipinski definition) is 1. The molecule has 1 aromatic rings. The molecule has 0 spiro atoms. The van der Waals surface area contributed by atoms with Gasteiger partial charge in [-0.25, -0.2) is 4.79 Å². The molecule has 0 bridgehead atoms. The number of carboxylic acid groups (broad SMARTS) is 1. The summed E-state index contributed by atoms with van der Waals surface area (Å²) in [5.41, 5.74) is -2.43. The van der Waals surface area contributed by atoms with Gasteiger partial charge in [0.15, 0.2) is 0 Å². The van der Waals surface area contributed by atoms with Crippen LogP contribution in [0.1, 0.15) is 16.8 Å². The minimum Gasteiger partial charge on any atom is -0.478 e. The molecule has 0 radical (unpaired) electrons. The number of halogens is 3. The largest absolute Gasteiger partial charge is 0.478 e. The van der Waals surface area contributed by atoms with Gasteiger partial charge >= 0.3 is 12.1 Å². The average Bonchev–Trinajstić information content (AvgIpc) is 2.39. The predicted octanol–water partition coefficient (Wildman–Crippen LogP) is 3.58. The lowest BCUT2D eigenvalue weighted by Gasteiger charge is -2.34. The zero-order valence-corrected chi connectivity index (χ0v) is 10.2. The fourth-order valence-electron chi connectivity index (χ4n) is 1.82. The van der Waals surface area contributed by atoms with Gasteiger partial charge in [-0.2, -0.15) is 13.2 Å². The topological polar surface area (TPSA) is 46.5 Å². The van der Waals surface area contributed by atoms with E-state index in [9.17, 15) is 18.0 Å². The fraction of sp³-hybridized carbons (Fsp3) is 0.214. The Hall–Kier alpha value is -2.24. The molecule has 1 aliphatic carbocycles. The highest BCUT2D eigenvalue weighted by Gasteiger charge is 2.55. The fourth-order valence-corrected chi connectivity index (χ4v) is 1.82. The van der Waals surface area contributed by atoms with Crippen molar-refractivity contribution in [2.75, 3.05) is 0 Å². The van der Waals surface area contributed by atoms with Crippen LogP contribution in [0, 0.1) is 0 Å². The highest BCUT2D eigenvalue weighted by Crippen LogP contribution is 2.40. The van der Waals surface area contributed by atoms with E-state index in [1.54, 1.807) is 0 Å². The number of rotatable bonds is 3. The molecule has 0 saturated carbocycles. The molecule has 0 saturated heterocycles. The van der Waals surface area contributed by atoms with Crippen LogP contribution in [0.2, 0.25) is 0 Å². The lowest BCUT2D eigenvalue weighted by molar-refractivity contribution is -0.228. The molecule has 6 heteroatoms. The van der Waals surface area contributed by atoms with E-state index in [1.165, 1.54) is 42.5 Å². The lowest BCUT2D eigenvalue weighted by Crippen LogP contribution is -2.48. The maximum Gasteiger partial charge on any atom is 0.432 e. The Bertz CT molecular complexity index is 558. The summed E-state index contributed by atoms with van der Waals surface area (Å²) in [5, 5.41) is 8.74. The first-order valence-corrected chi connectivity index (χ1v) is 5.77. The van der Waals surface area contributed by atoms with E-state index < -0.39 is 17.7 Å². The van der Waals surface area contributed by atoms with Gasteiger partial charge in [0.1, 0.15) is 5.75 Å². The van der Waals surface area contributed by atoms with Gasteiger partial charge in [0, 0.05) is 6.42 Å². The van der Waals surface area contributed by atoms with Crippen LogP contribution >= 0.6 is 0 Å². The molecule has 106 valence electrons. The van der Waals surface area contributed by atoms with Crippen LogP contribution in [0.4, 0.5) is 13.2 Å². The number of ether oxygens (including phenoxy) is 1. The number of carboxylic acids is 1. The minimum atomic E-state index is -4.57. The minimum absolute atomic E-state index is 0.0162. The lowest BCUT2D eigenvalue weighted by atomic mass is 9.94. The van der Waals surface area contributed by atoms with E-state index in [-0.39, 0.29) is 17.7 Å². The number of hydrogen-bond acceptors (Lipinski definition) is 2. The van der Waals surface area contributed by atoms with Crippen LogP contribution in [0.15, 0.2) is 48.6 Å². The molecule has 0 aromatic heterocycles. The smallest absolute Gasteiger partial charge is 0.432 e. The Morgan fingerprint density at radius 3 is 2.30 bits per heavy atom. The van der Waals surface area contributed by atoms with Crippen LogP contribution in [0.5, 0.6) is 5.75 Å². The molecule has 1 unspecified atom stereocenters. The number of aromatic carboxylic acids is 1. The summed E-state index contributed by atoms with van der Waals surface area (Å²) in [6, 6.07) is 4.82. The van der Waals surface area contributed by atoms with Crippen molar-refractivity contribution in [2.45, 2.75) is 18.2 Å². The Balaban J connectivity index is 2.27. The van der Waals surface area contributed by atoms with Crippen molar-refractivity contribution >= 4 is 5.97 Å². The van der Waals surface area contributed by atoms with Crippen LogP contribution in [-0.4, -0.2) is 22.9 Å². The molecule has 1 N–H and O–H groups in total. The number of benzene rings is 1. The van der Waals surface area contributed by atoms with Gasteiger partial charge in [-0.3, -0.25) is 0 Å². The molecule has 3 nitrogen and oxygen atoms in total. The van der Waals surface area contributed by atoms with Crippen molar-refractivity contribution in [1.29, 1.82) is 0 Å². The predicted molar refractivity (Wildman–Crippen MR) is 65.7 cm³/mol. The average molecular weight is 284 g/mol. The summed E-state index contributed by atoms with van der Waals surface area (Å²) in [5.74, 6) is -1.19. The van der Waals surface area contributed by atoms with Gasteiger partial charge in [0.05, 0.1) is 5.56 Å². The van der Waals surface area contributed by atoms with E-state index in [0.717, 1.165) is 6.08 Å². The maximum atomic E-state index is 13.2. The van der Waals surface area contributed by atoms with Gasteiger partial charge in [0.2, 0.25) is 5.60 Å². The molecule has 20 heavy (non-hydrogen) atoms. The van der Waals surface area contributed by atoms with Crippen molar-refractivity contribution in [1.82, 2.24) is 0 Å². The second-order valence-corrected chi connectivity index (χ2v) is 4.31. The standard InChI is InChI=1S/C14H11F3O3/c15-14(16,17)13(8-2-1-3-9-13)20-11-6-4-10(5-7-11)12(18)19/h1-8H,9H2,(H,18,19). The second kappa shape index (κ2) is 5.03. The summed E-state index contributed by atoms with van der Waals surface area (Å²) < 4.78 is 44.6. The number of allylic oxidation sites excluding steroid dienone is 2. The summed E-state index contributed by atoms with van der Waals surface area (Å²) in [6.07, 6.45) is 0.230. The molecular formula is C14H11F3O3. The molecule has 1 aliphatic rings. The van der Waals surface area contributed by atoms with Crippen LogP contribution < -0.4 is 4.74 Å².